The predicted octanol–water partition coefficient (Wildman–Crippen LogP) is 5.70. The normalized spacial score (nSPS) is 10.7. The van der Waals surface area contributed by atoms with Crippen LogP contribution in [0.25, 0.3) is 11.4 Å². The SMILES string of the molecule is Fc1ccccc1-c1nc(SCc2ccccc2Oc2ccccc2)n[nH]1. The average Bonchev–Trinajstić information content (AvgIpc) is 3.17. The molecule has 0 radical (unpaired) electrons. The second-order valence-electron chi connectivity index (χ2n) is 5.76. The Hall–Kier alpha value is -3.12. The maximum absolute atomic E-state index is 13.9. The molecule has 0 bridgehead atoms. The van der Waals surface area contributed by atoms with Gasteiger partial charge >= 0.3 is 0 Å². The van der Waals surface area contributed by atoms with Gasteiger partial charge in [0.25, 0.3) is 0 Å². The maximum Gasteiger partial charge on any atom is 0.209 e. The Labute approximate surface area is 160 Å². The first-order valence-electron chi connectivity index (χ1n) is 8.40. The summed E-state index contributed by atoms with van der Waals surface area (Å²) in [5.41, 5.74) is 1.44. The number of benzene rings is 3. The highest BCUT2D eigenvalue weighted by Crippen LogP contribution is 2.30. The second-order valence-corrected chi connectivity index (χ2v) is 6.70. The van der Waals surface area contributed by atoms with E-state index in [1.165, 1.54) is 17.8 Å². The molecule has 4 nitrogen and oxygen atoms in total. The van der Waals surface area contributed by atoms with E-state index in [1.807, 2.05) is 54.6 Å². The molecule has 1 heterocycles. The van der Waals surface area contributed by atoms with Gasteiger partial charge in [-0.2, -0.15) is 0 Å². The highest BCUT2D eigenvalue weighted by Gasteiger charge is 2.11. The van der Waals surface area contributed by atoms with Crippen molar-refractivity contribution < 1.29 is 9.13 Å². The van der Waals surface area contributed by atoms with Crippen LogP contribution in [0.1, 0.15) is 5.56 Å². The second kappa shape index (κ2) is 8.05. The standard InChI is InChI=1S/C21H16FN3OS/c22-18-12-6-5-11-17(18)20-23-21(25-24-20)27-14-15-8-4-7-13-19(15)26-16-9-2-1-3-10-16/h1-13H,14H2,(H,23,24,25). The fourth-order valence-electron chi connectivity index (χ4n) is 2.57. The van der Waals surface area contributed by atoms with E-state index in [4.69, 9.17) is 4.74 Å². The fraction of sp³-hybridized carbons (Fsp3) is 0.0476. The molecule has 0 amide bonds. The van der Waals surface area contributed by atoms with E-state index < -0.39 is 0 Å². The number of H-pyrrole nitrogens is 1. The van der Waals surface area contributed by atoms with E-state index in [-0.39, 0.29) is 5.82 Å². The zero-order valence-corrected chi connectivity index (χ0v) is 15.1. The zero-order valence-electron chi connectivity index (χ0n) is 14.3. The minimum Gasteiger partial charge on any atom is -0.457 e. The molecule has 1 aromatic heterocycles. The molecule has 1 N–H and O–H groups in total. The van der Waals surface area contributed by atoms with Gasteiger partial charge in [-0.05, 0) is 30.3 Å². The Bertz CT molecular complexity index is 1040. The first-order chi connectivity index (χ1) is 13.3. The van der Waals surface area contributed by atoms with Crippen LogP contribution in [0.4, 0.5) is 4.39 Å². The monoisotopic (exact) mass is 377 g/mol. The fourth-order valence-corrected chi connectivity index (χ4v) is 3.35. The Balaban J connectivity index is 1.48. The summed E-state index contributed by atoms with van der Waals surface area (Å²) in [7, 11) is 0. The first-order valence-corrected chi connectivity index (χ1v) is 9.39. The summed E-state index contributed by atoms with van der Waals surface area (Å²) in [6.45, 7) is 0. The van der Waals surface area contributed by atoms with Crippen molar-refractivity contribution >= 4 is 11.8 Å². The third-order valence-electron chi connectivity index (χ3n) is 3.89. The molecule has 4 rings (SSSR count). The van der Waals surface area contributed by atoms with Crippen LogP contribution in [0.5, 0.6) is 11.5 Å². The molecule has 27 heavy (non-hydrogen) atoms. The van der Waals surface area contributed by atoms with Crippen LogP contribution >= 0.6 is 11.8 Å². The van der Waals surface area contributed by atoms with E-state index in [0.717, 1.165) is 17.1 Å². The molecule has 0 aliphatic carbocycles. The number of hydrogen-bond acceptors (Lipinski definition) is 4. The summed E-state index contributed by atoms with van der Waals surface area (Å²) < 4.78 is 19.9. The number of hydrogen-bond donors (Lipinski definition) is 1. The maximum atomic E-state index is 13.9. The molecular formula is C21H16FN3OS. The van der Waals surface area contributed by atoms with Gasteiger partial charge in [0, 0.05) is 11.3 Å². The van der Waals surface area contributed by atoms with Crippen LogP contribution in [0.3, 0.4) is 0 Å². The summed E-state index contributed by atoms with van der Waals surface area (Å²) >= 11 is 1.46. The number of nitrogens with one attached hydrogen (secondary N) is 1. The van der Waals surface area contributed by atoms with Crippen molar-refractivity contribution in [2.45, 2.75) is 10.9 Å². The summed E-state index contributed by atoms with van der Waals surface area (Å²) in [5, 5.41) is 7.54. The molecule has 0 aliphatic rings. The van der Waals surface area contributed by atoms with Crippen molar-refractivity contribution in [2.24, 2.45) is 0 Å². The van der Waals surface area contributed by atoms with Gasteiger partial charge in [-0.25, -0.2) is 9.37 Å². The smallest absolute Gasteiger partial charge is 0.209 e. The molecule has 0 fully saturated rings. The third kappa shape index (κ3) is 4.17. The van der Waals surface area contributed by atoms with Crippen LogP contribution in [0.2, 0.25) is 0 Å². The zero-order chi connectivity index (χ0) is 18.5. The minimum absolute atomic E-state index is 0.327. The lowest BCUT2D eigenvalue weighted by molar-refractivity contribution is 0.478. The van der Waals surface area contributed by atoms with Crippen molar-refractivity contribution in [2.75, 3.05) is 0 Å². The summed E-state index contributed by atoms with van der Waals surface area (Å²) in [5.74, 6) is 2.31. The Morgan fingerprint density at radius 2 is 1.63 bits per heavy atom. The van der Waals surface area contributed by atoms with Gasteiger partial charge in [-0.15, -0.1) is 5.10 Å². The topological polar surface area (TPSA) is 50.8 Å². The van der Waals surface area contributed by atoms with Gasteiger partial charge in [-0.3, -0.25) is 5.10 Å². The lowest BCUT2D eigenvalue weighted by atomic mass is 10.2. The molecule has 0 saturated heterocycles. The Kier molecular flexibility index (Phi) is 5.16. The molecule has 6 heteroatoms. The van der Waals surface area contributed by atoms with Gasteiger partial charge in [0.15, 0.2) is 5.82 Å². The van der Waals surface area contributed by atoms with E-state index in [0.29, 0.717) is 22.3 Å². The van der Waals surface area contributed by atoms with Crippen LogP contribution in [0.15, 0.2) is 84.0 Å². The van der Waals surface area contributed by atoms with Gasteiger partial charge in [0.2, 0.25) is 5.16 Å². The van der Waals surface area contributed by atoms with Gasteiger partial charge < -0.3 is 4.74 Å². The number of para-hydroxylation sites is 2. The van der Waals surface area contributed by atoms with Crippen molar-refractivity contribution in [3.63, 3.8) is 0 Å². The molecular weight excluding hydrogens is 361 g/mol. The summed E-state index contributed by atoms with van der Waals surface area (Å²) in [6, 6.07) is 24.0. The lowest BCUT2D eigenvalue weighted by Crippen LogP contribution is -1.90. The largest absolute Gasteiger partial charge is 0.457 e. The molecule has 0 saturated carbocycles. The minimum atomic E-state index is -0.327. The van der Waals surface area contributed by atoms with Crippen molar-refractivity contribution in [3.8, 4) is 22.9 Å². The van der Waals surface area contributed by atoms with Crippen LogP contribution in [-0.2, 0) is 5.75 Å². The highest BCUT2D eigenvalue weighted by atomic mass is 32.2. The van der Waals surface area contributed by atoms with Gasteiger partial charge in [0.05, 0.1) is 5.56 Å². The predicted molar refractivity (Wildman–Crippen MR) is 104 cm³/mol. The number of aromatic nitrogens is 3. The molecule has 4 aromatic rings. The first kappa shape index (κ1) is 17.3. The van der Waals surface area contributed by atoms with Crippen molar-refractivity contribution in [3.05, 3.63) is 90.2 Å². The lowest BCUT2D eigenvalue weighted by Gasteiger charge is -2.10. The summed E-state index contributed by atoms with van der Waals surface area (Å²) in [4.78, 5) is 4.39. The summed E-state index contributed by atoms with van der Waals surface area (Å²) in [6.07, 6.45) is 0. The third-order valence-corrected chi connectivity index (χ3v) is 4.79. The van der Waals surface area contributed by atoms with Crippen LogP contribution in [-0.4, -0.2) is 15.2 Å². The number of ether oxygens (including phenoxy) is 1. The highest BCUT2D eigenvalue weighted by molar-refractivity contribution is 7.98. The average molecular weight is 377 g/mol. The Morgan fingerprint density at radius 3 is 2.48 bits per heavy atom. The van der Waals surface area contributed by atoms with E-state index in [1.54, 1.807) is 18.2 Å². The molecule has 0 spiro atoms. The molecule has 3 aromatic carbocycles. The van der Waals surface area contributed by atoms with Gasteiger partial charge in [-0.1, -0.05) is 60.3 Å². The molecule has 0 unspecified atom stereocenters. The molecule has 134 valence electrons. The van der Waals surface area contributed by atoms with Crippen LogP contribution < -0.4 is 4.74 Å². The number of halogens is 1. The molecule has 0 atom stereocenters. The number of rotatable bonds is 6. The van der Waals surface area contributed by atoms with E-state index >= 15 is 0 Å². The number of aromatic amines is 1. The van der Waals surface area contributed by atoms with E-state index in [2.05, 4.69) is 15.2 Å². The molecule has 0 aliphatic heterocycles. The van der Waals surface area contributed by atoms with Crippen molar-refractivity contribution in [1.29, 1.82) is 0 Å². The van der Waals surface area contributed by atoms with Crippen LogP contribution in [0, 0.1) is 5.82 Å². The quantitative estimate of drug-likeness (QED) is 0.438. The number of nitrogens with zero attached hydrogens (tertiary/aromatic N) is 2. The van der Waals surface area contributed by atoms with Gasteiger partial charge in [0.1, 0.15) is 17.3 Å². The number of thioether (sulfide) groups is 1. The van der Waals surface area contributed by atoms with E-state index in [9.17, 15) is 4.39 Å². The Morgan fingerprint density at radius 1 is 0.889 bits per heavy atom. The van der Waals surface area contributed by atoms with Crippen molar-refractivity contribution in [1.82, 2.24) is 15.2 Å².